The smallest absolute Gasteiger partial charge is 0.254 e. The Morgan fingerprint density at radius 3 is 2.62 bits per heavy atom. The molecule has 1 saturated heterocycles. The minimum Gasteiger partial charge on any atom is -0.378 e. The molecule has 1 aliphatic rings. The minimum atomic E-state index is -0.949. The number of nitrogens with one attached hydrogen (secondary N) is 2. The van der Waals surface area contributed by atoms with Crippen molar-refractivity contribution in [3.63, 3.8) is 0 Å². The molecule has 2 amide bonds. The number of ether oxygens (including phenoxy) is 1. The number of benzene rings is 1. The zero-order valence-electron chi connectivity index (χ0n) is 14.9. The van der Waals surface area contributed by atoms with Crippen LogP contribution in [-0.4, -0.2) is 62.7 Å². The van der Waals surface area contributed by atoms with Gasteiger partial charge in [0.05, 0.1) is 18.8 Å². The highest BCUT2D eigenvalue weighted by atomic mass is 19.1. The minimum absolute atomic E-state index is 0.200. The van der Waals surface area contributed by atoms with Crippen molar-refractivity contribution in [3.05, 3.63) is 35.4 Å². The van der Waals surface area contributed by atoms with Crippen LogP contribution in [0.4, 0.5) is 8.78 Å². The Morgan fingerprint density at radius 1 is 1.23 bits per heavy atom. The molecule has 8 heteroatoms. The number of carbonyl (C=O) groups is 2. The normalized spacial score (nSPS) is 15.6. The summed E-state index contributed by atoms with van der Waals surface area (Å²) in [5.41, 5.74) is -0.276. The van der Waals surface area contributed by atoms with Gasteiger partial charge in [-0.3, -0.25) is 9.59 Å². The van der Waals surface area contributed by atoms with Crippen LogP contribution in [0.25, 0.3) is 0 Å². The van der Waals surface area contributed by atoms with E-state index in [0.29, 0.717) is 38.8 Å². The Morgan fingerprint density at radius 2 is 1.96 bits per heavy atom. The van der Waals surface area contributed by atoms with E-state index in [-0.39, 0.29) is 11.5 Å². The van der Waals surface area contributed by atoms with E-state index in [1.165, 1.54) is 0 Å². The molecule has 1 aromatic carbocycles. The second-order valence-electron chi connectivity index (χ2n) is 6.19. The number of carbonyl (C=O) groups excluding carboxylic acids is 2. The number of hydrogen-bond donors (Lipinski definition) is 2. The molecular weight excluding hydrogens is 344 g/mol. The van der Waals surface area contributed by atoms with E-state index in [1.54, 1.807) is 4.90 Å². The van der Waals surface area contributed by atoms with Gasteiger partial charge in [0.1, 0.15) is 17.7 Å². The van der Waals surface area contributed by atoms with Crippen molar-refractivity contribution in [1.82, 2.24) is 15.5 Å². The summed E-state index contributed by atoms with van der Waals surface area (Å²) in [6, 6.07) is 2.00. The lowest BCUT2D eigenvalue weighted by Gasteiger charge is -2.30. The van der Waals surface area contributed by atoms with Gasteiger partial charge in [-0.25, -0.2) is 8.78 Å². The molecule has 0 aliphatic carbocycles. The molecule has 0 unspecified atom stereocenters. The summed E-state index contributed by atoms with van der Waals surface area (Å²) in [6.07, 6.45) is 2.03. The quantitative estimate of drug-likeness (QED) is 0.678. The number of hydrogen-bond acceptors (Lipinski definition) is 4. The number of rotatable bonds is 8. The standard InChI is InChI=1S/C18H25F2N3O3/c1-21-7-3-2-4-16(18(25)23-8-10-26-11-9-23)22-17(24)14-6-5-13(19)12-15(14)20/h5-6,12,16,21H,2-4,7-11H2,1H3,(H,22,24)/t16-/m0/s1. The van der Waals surface area contributed by atoms with Gasteiger partial charge in [-0.05, 0) is 45.0 Å². The fraction of sp³-hybridized carbons (Fsp3) is 0.556. The van der Waals surface area contributed by atoms with Gasteiger partial charge in [0.25, 0.3) is 5.91 Å². The number of amides is 2. The molecule has 0 bridgehead atoms. The largest absolute Gasteiger partial charge is 0.378 e. The summed E-state index contributed by atoms with van der Waals surface area (Å²) in [5.74, 6) is -2.63. The molecule has 0 spiro atoms. The SMILES string of the molecule is CNCCCC[C@H](NC(=O)c1ccc(F)cc1F)C(=O)N1CCOCC1. The van der Waals surface area contributed by atoms with Gasteiger partial charge in [-0.15, -0.1) is 0 Å². The van der Waals surface area contributed by atoms with Crippen LogP contribution in [0.2, 0.25) is 0 Å². The predicted molar refractivity (Wildman–Crippen MR) is 92.8 cm³/mol. The Hall–Kier alpha value is -2.06. The third-order valence-electron chi connectivity index (χ3n) is 4.27. The zero-order valence-corrected chi connectivity index (χ0v) is 14.9. The summed E-state index contributed by atoms with van der Waals surface area (Å²) in [7, 11) is 1.84. The van der Waals surface area contributed by atoms with E-state index in [0.717, 1.165) is 31.5 Å². The molecule has 1 atom stereocenters. The van der Waals surface area contributed by atoms with Crippen molar-refractivity contribution in [2.75, 3.05) is 39.9 Å². The lowest BCUT2D eigenvalue weighted by Crippen LogP contribution is -2.51. The fourth-order valence-electron chi connectivity index (χ4n) is 2.82. The van der Waals surface area contributed by atoms with Crippen LogP contribution < -0.4 is 10.6 Å². The first-order valence-corrected chi connectivity index (χ1v) is 8.80. The molecule has 1 heterocycles. The van der Waals surface area contributed by atoms with Gasteiger partial charge in [0.2, 0.25) is 5.91 Å². The second-order valence-corrected chi connectivity index (χ2v) is 6.19. The van der Waals surface area contributed by atoms with Crippen molar-refractivity contribution in [1.29, 1.82) is 0 Å². The van der Waals surface area contributed by atoms with Crippen LogP contribution >= 0.6 is 0 Å². The van der Waals surface area contributed by atoms with Crippen molar-refractivity contribution < 1.29 is 23.1 Å². The second kappa shape index (κ2) is 10.2. The van der Waals surface area contributed by atoms with Crippen LogP contribution in [0.1, 0.15) is 29.6 Å². The van der Waals surface area contributed by atoms with Crippen molar-refractivity contribution >= 4 is 11.8 Å². The van der Waals surface area contributed by atoms with Crippen LogP contribution in [0.15, 0.2) is 18.2 Å². The van der Waals surface area contributed by atoms with Gasteiger partial charge in [0.15, 0.2) is 0 Å². The van der Waals surface area contributed by atoms with Crippen LogP contribution in [0.5, 0.6) is 0 Å². The van der Waals surface area contributed by atoms with Crippen molar-refractivity contribution in [2.45, 2.75) is 25.3 Å². The molecule has 1 fully saturated rings. The lowest BCUT2D eigenvalue weighted by atomic mass is 10.1. The predicted octanol–water partition coefficient (Wildman–Crippen LogP) is 1.31. The van der Waals surface area contributed by atoms with Crippen molar-refractivity contribution in [3.8, 4) is 0 Å². The maximum absolute atomic E-state index is 13.8. The summed E-state index contributed by atoms with van der Waals surface area (Å²) < 4.78 is 32.1. The van der Waals surface area contributed by atoms with Gasteiger partial charge < -0.3 is 20.3 Å². The topological polar surface area (TPSA) is 70.7 Å². The van der Waals surface area contributed by atoms with E-state index in [2.05, 4.69) is 10.6 Å². The first kappa shape index (κ1) is 20.3. The number of morpholine rings is 1. The Kier molecular flexibility index (Phi) is 7.93. The molecule has 2 N–H and O–H groups in total. The maximum atomic E-state index is 13.8. The molecule has 2 rings (SSSR count). The highest BCUT2D eigenvalue weighted by Crippen LogP contribution is 2.12. The molecule has 6 nitrogen and oxygen atoms in total. The van der Waals surface area contributed by atoms with Gasteiger partial charge in [0, 0.05) is 19.2 Å². The Labute approximate surface area is 151 Å². The summed E-state index contributed by atoms with van der Waals surface area (Å²) in [4.78, 5) is 26.8. The molecule has 26 heavy (non-hydrogen) atoms. The van der Waals surface area contributed by atoms with Gasteiger partial charge >= 0.3 is 0 Å². The average Bonchev–Trinajstić information content (AvgIpc) is 2.64. The number of unbranched alkanes of at least 4 members (excludes halogenated alkanes) is 1. The number of halogens is 2. The Balaban J connectivity index is 2.06. The fourth-order valence-corrected chi connectivity index (χ4v) is 2.82. The van der Waals surface area contributed by atoms with E-state index in [4.69, 9.17) is 4.74 Å². The van der Waals surface area contributed by atoms with E-state index in [1.807, 2.05) is 7.05 Å². The molecule has 0 aromatic heterocycles. The summed E-state index contributed by atoms with van der Waals surface area (Å²) in [6.45, 7) is 2.65. The lowest BCUT2D eigenvalue weighted by molar-refractivity contribution is -0.137. The molecule has 1 aliphatic heterocycles. The maximum Gasteiger partial charge on any atom is 0.254 e. The summed E-state index contributed by atoms with van der Waals surface area (Å²) >= 11 is 0. The van der Waals surface area contributed by atoms with Gasteiger partial charge in [-0.2, -0.15) is 0 Å². The molecule has 144 valence electrons. The highest BCUT2D eigenvalue weighted by Gasteiger charge is 2.28. The third-order valence-corrected chi connectivity index (χ3v) is 4.27. The van der Waals surface area contributed by atoms with E-state index >= 15 is 0 Å². The van der Waals surface area contributed by atoms with E-state index < -0.39 is 23.6 Å². The molecule has 0 saturated carbocycles. The molecule has 0 radical (unpaired) electrons. The average molecular weight is 369 g/mol. The summed E-state index contributed by atoms with van der Waals surface area (Å²) in [5, 5.41) is 5.64. The molecular formula is C18H25F2N3O3. The van der Waals surface area contributed by atoms with Crippen LogP contribution in [0.3, 0.4) is 0 Å². The number of nitrogens with zero attached hydrogens (tertiary/aromatic N) is 1. The van der Waals surface area contributed by atoms with Crippen LogP contribution in [-0.2, 0) is 9.53 Å². The monoisotopic (exact) mass is 369 g/mol. The zero-order chi connectivity index (χ0) is 18.9. The van der Waals surface area contributed by atoms with E-state index in [9.17, 15) is 18.4 Å². The van der Waals surface area contributed by atoms with Gasteiger partial charge in [-0.1, -0.05) is 0 Å². The van der Waals surface area contributed by atoms with Crippen LogP contribution in [0, 0.1) is 11.6 Å². The third kappa shape index (κ3) is 5.74. The van der Waals surface area contributed by atoms with Crippen molar-refractivity contribution in [2.24, 2.45) is 0 Å². The Bertz CT molecular complexity index is 622. The first-order valence-electron chi connectivity index (χ1n) is 8.80. The molecule has 1 aromatic rings. The highest BCUT2D eigenvalue weighted by molar-refractivity contribution is 5.97. The first-order chi connectivity index (χ1) is 12.5.